The summed E-state index contributed by atoms with van der Waals surface area (Å²) in [5, 5.41) is 11.8. The van der Waals surface area contributed by atoms with Crippen LogP contribution in [0.4, 0.5) is 10.2 Å². The van der Waals surface area contributed by atoms with E-state index in [1.165, 1.54) is 12.1 Å². The SMILES string of the molecule is CCc1nc(NC)cc(-c2cc(F)cc(C#N)c2)n1. The third-order valence-corrected chi connectivity index (χ3v) is 2.67. The van der Waals surface area contributed by atoms with Gasteiger partial charge in [0.25, 0.3) is 0 Å². The normalized spacial score (nSPS) is 10.0. The second kappa shape index (κ2) is 5.44. The van der Waals surface area contributed by atoms with E-state index in [1.807, 2.05) is 13.0 Å². The Balaban J connectivity index is 2.58. The van der Waals surface area contributed by atoms with Gasteiger partial charge in [-0.15, -0.1) is 0 Å². The molecule has 0 radical (unpaired) electrons. The van der Waals surface area contributed by atoms with Crippen molar-refractivity contribution in [1.29, 1.82) is 5.26 Å². The molecule has 0 unspecified atom stereocenters. The Morgan fingerprint density at radius 2 is 2.05 bits per heavy atom. The first-order valence-corrected chi connectivity index (χ1v) is 5.93. The maximum Gasteiger partial charge on any atom is 0.131 e. The number of benzene rings is 1. The van der Waals surface area contributed by atoms with Crippen LogP contribution in [0.15, 0.2) is 24.3 Å². The molecule has 1 aromatic carbocycles. The van der Waals surface area contributed by atoms with Gasteiger partial charge >= 0.3 is 0 Å². The molecule has 4 nitrogen and oxygen atoms in total. The second-order valence-electron chi connectivity index (χ2n) is 4.00. The lowest BCUT2D eigenvalue weighted by molar-refractivity contribution is 0.627. The van der Waals surface area contributed by atoms with Crippen LogP contribution in [0.25, 0.3) is 11.3 Å². The van der Waals surface area contributed by atoms with Gasteiger partial charge < -0.3 is 5.32 Å². The van der Waals surface area contributed by atoms with E-state index < -0.39 is 5.82 Å². The Labute approximate surface area is 110 Å². The molecule has 0 fully saturated rings. The van der Waals surface area contributed by atoms with Gasteiger partial charge in [0.15, 0.2) is 0 Å². The molecule has 0 bridgehead atoms. The minimum absolute atomic E-state index is 0.276. The van der Waals surface area contributed by atoms with E-state index in [-0.39, 0.29) is 5.56 Å². The summed E-state index contributed by atoms with van der Waals surface area (Å²) >= 11 is 0. The number of aromatic nitrogens is 2. The molecular weight excluding hydrogens is 243 g/mol. The number of hydrogen-bond acceptors (Lipinski definition) is 4. The average Bonchev–Trinajstić information content (AvgIpc) is 2.45. The summed E-state index contributed by atoms with van der Waals surface area (Å²) in [6.45, 7) is 1.95. The molecule has 2 rings (SSSR count). The fourth-order valence-corrected chi connectivity index (χ4v) is 1.73. The highest BCUT2D eigenvalue weighted by atomic mass is 19.1. The highest BCUT2D eigenvalue weighted by molar-refractivity contribution is 5.64. The molecule has 0 aliphatic heterocycles. The molecule has 0 saturated carbocycles. The molecule has 0 amide bonds. The van der Waals surface area contributed by atoms with Crippen molar-refractivity contribution in [2.24, 2.45) is 0 Å². The molecule has 5 heteroatoms. The summed E-state index contributed by atoms with van der Waals surface area (Å²) in [5.74, 6) is 0.894. The minimum atomic E-state index is -0.447. The third kappa shape index (κ3) is 2.86. The van der Waals surface area contributed by atoms with Crippen LogP contribution in [-0.4, -0.2) is 17.0 Å². The molecule has 19 heavy (non-hydrogen) atoms. The summed E-state index contributed by atoms with van der Waals surface area (Å²) < 4.78 is 13.5. The monoisotopic (exact) mass is 256 g/mol. The molecule has 0 spiro atoms. The van der Waals surface area contributed by atoms with Gasteiger partial charge in [-0.3, -0.25) is 0 Å². The number of hydrogen-bond donors (Lipinski definition) is 1. The zero-order valence-corrected chi connectivity index (χ0v) is 10.7. The fraction of sp³-hybridized carbons (Fsp3) is 0.214. The number of aryl methyl sites for hydroxylation is 1. The number of anilines is 1. The van der Waals surface area contributed by atoms with E-state index in [9.17, 15) is 4.39 Å². The summed E-state index contributed by atoms with van der Waals surface area (Å²) in [6.07, 6.45) is 0.683. The van der Waals surface area contributed by atoms with Crippen LogP contribution in [0.5, 0.6) is 0 Å². The zero-order chi connectivity index (χ0) is 13.8. The van der Waals surface area contributed by atoms with Crippen molar-refractivity contribution in [3.05, 3.63) is 41.5 Å². The van der Waals surface area contributed by atoms with Gasteiger partial charge in [0, 0.05) is 25.1 Å². The molecule has 1 aromatic heterocycles. The Kier molecular flexibility index (Phi) is 3.71. The molecule has 1 heterocycles. The van der Waals surface area contributed by atoms with Gasteiger partial charge in [0.2, 0.25) is 0 Å². The molecule has 2 aromatic rings. The van der Waals surface area contributed by atoms with Gasteiger partial charge in [-0.2, -0.15) is 5.26 Å². The summed E-state index contributed by atoms with van der Waals surface area (Å²) in [5.41, 5.74) is 1.45. The molecule has 96 valence electrons. The Morgan fingerprint density at radius 1 is 1.26 bits per heavy atom. The van der Waals surface area contributed by atoms with E-state index in [2.05, 4.69) is 15.3 Å². The van der Waals surface area contributed by atoms with Gasteiger partial charge in [0.05, 0.1) is 17.3 Å². The van der Waals surface area contributed by atoms with Gasteiger partial charge in [-0.05, 0) is 18.2 Å². The first-order chi connectivity index (χ1) is 9.16. The van der Waals surface area contributed by atoms with Crippen molar-refractivity contribution in [2.75, 3.05) is 12.4 Å². The van der Waals surface area contributed by atoms with Crippen molar-refractivity contribution in [1.82, 2.24) is 9.97 Å². The first kappa shape index (κ1) is 13.0. The van der Waals surface area contributed by atoms with Gasteiger partial charge in [-0.1, -0.05) is 6.92 Å². The number of nitrogens with one attached hydrogen (secondary N) is 1. The van der Waals surface area contributed by atoms with E-state index in [0.717, 1.165) is 0 Å². The van der Waals surface area contributed by atoms with Crippen molar-refractivity contribution in [3.8, 4) is 17.3 Å². The van der Waals surface area contributed by atoms with Crippen LogP contribution in [0, 0.1) is 17.1 Å². The molecular formula is C14H13FN4. The highest BCUT2D eigenvalue weighted by Crippen LogP contribution is 2.22. The average molecular weight is 256 g/mol. The maximum absolute atomic E-state index is 13.5. The second-order valence-corrected chi connectivity index (χ2v) is 4.00. The topological polar surface area (TPSA) is 61.6 Å². The summed E-state index contributed by atoms with van der Waals surface area (Å²) in [4.78, 5) is 8.64. The maximum atomic E-state index is 13.5. The fourth-order valence-electron chi connectivity index (χ4n) is 1.73. The molecule has 1 N–H and O–H groups in total. The zero-order valence-electron chi connectivity index (χ0n) is 10.7. The van der Waals surface area contributed by atoms with Crippen molar-refractivity contribution < 1.29 is 4.39 Å². The number of nitriles is 1. The lowest BCUT2D eigenvalue weighted by Gasteiger charge is -2.07. The standard InChI is InChI=1S/C14H13FN4/c1-3-13-18-12(7-14(17-2)19-13)10-4-9(8-16)5-11(15)6-10/h4-7H,3H2,1-2H3,(H,17,18,19). The van der Waals surface area contributed by atoms with E-state index in [4.69, 9.17) is 5.26 Å². The Hall–Kier alpha value is -2.48. The van der Waals surface area contributed by atoms with Crippen molar-refractivity contribution >= 4 is 5.82 Å². The predicted molar refractivity (Wildman–Crippen MR) is 71.1 cm³/mol. The van der Waals surface area contributed by atoms with Crippen LogP contribution < -0.4 is 5.32 Å². The largest absolute Gasteiger partial charge is 0.373 e. The van der Waals surface area contributed by atoms with E-state index in [1.54, 1.807) is 19.2 Å². The third-order valence-electron chi connectivity index (χ3n) is 2.67. The molecule has 0 saturated heterocycles. The van der Waals surface area contributed by atoms with Crippen LogP contribution in [-0.2, 0) is 6.42 Å². The van der Waals surface area contributed by atoms with Crippen molar-refractivity contribution in [3.63, 3.8) is 0 Å². The number of nitrogens with zero attached hydrogens (tertiary/aromatic N) is 3. The van der Waals surface area contributed by atoms with Crippen molar-refractivity contribution in [2.45, 2.75) is 13.3 Å². The minimum Gasteiger partial charge on any atom is -0.373 e. The van der Waals surface area contributed by atoms with E-state index in [0.29, 0.717) is 29.3 Å². The molecule has 0 aliphatic rings. The molecule has 0 atom stereocenters. The Morgan fingerprint density at radius 3 is 2.68 bits per heavy atom. The van der Waals surface area contributed by atoms with Crippen LogP contribution in [0.2, 0.25) is 0 Å². The van der Waals surface area contributed by atoms with E-state index >= 15 is 0 Å². The van der Waals surface area contributed by atoms with Gasteiger partial charge in [-0.25, -0.2) is 14.4 Å². The molecule has 0 aliphatic carbocycles. The first-order valence-electron chi connectivity index (χ1n) is 5.93. The number of halogens is 1. The van der Waals surface area contributed by atoms with Crippen LogP contribution in [0.1, 0.15) is 18.3 Å². The lowest BCUT2D eigenvalue weighted by atomic mass is 10.1. The predicted octanol–water partition coefficient (Wildman–Crippen LogP) is 2.76. The van der Waals surface area contributed by atoms with Gasteiger partial charge in [0.1, 0.15) is 17.5 Å². The highest BCUT2D eigenvalue weighted by Gasteiger charge is 2.08. The smallest absolute Gasteiger partial charge is 0.131 e. The summed E-state index contributed by atoms with van der Waals surface area (Å²) in [7, 11) is 1.76. The lowest BCUT2D eigenvalue weighted by Crippen LogP contribution is -2.01. The summed E-state index contributed by atoms with van der Waals surface area (Å²) in [6, 6.07) is 7.84. The Bertz CT molecular complexity index is 624. The van der Waals surface area contributed by atoms with Crippen LogP contribution in [0.3, 0.4) is 0 Å². The quantitative estimate of drug-likeness (QED) is 0.917. The van der Waals surface area contributed by atoms with Crippen LogP contribution >= 0.6 is 0 Å². The number of rotatable bonds is 3.